The fourth-order valence-corrected chi connectivity index (χ4v) is 3.00. The van der Waals surface area contributed by atoms with Crippen molar-refractivity contribution < 1.29 is 14.3 Å². The van der Waals surface area contributed by atoms with Crippen LogP contribution in [0.5, 0.6) is 11.5 Å². The third-order valence-corrected chi connectivity index (χ3v) is 4.35. The van der Waals surface area contributed by atoms with Crippen LogP contribution in [0.25, 0.3) is 6.08 Å². The first-order valence-corrected chi connectivity index (χ1v) is 9.95. The number of rotatable bonds is 10. The van der Waals surface area contributed by atoms with Crippen molar-refractivity contribution in [2.45, 2.75) is 26.4 Å². The highest BCUT2D eigenvalue weighted by Gasteiger charge is 2.14. The van der Waals surface area contributed by atoms with Gasteiger partial charge in [0.1, 0.15) is 12.7 Å². The summed E-state index contributed by atoms with van der Waals surface area (Å²) in [6.07, 6.45) is 6.38. The summed E-state index contributed by atoms with van der Waals surface area (Å²) >= 11 is 0. The minimum atomic E-state index is -0.232. The zero-order chi connectivity index (χ0) is 21.2. The zero-order valence-corrected chi connectivity index (χ0v) is 17.2. The van der Waals surface area contributed by atoms with Crippen molar-refractivity contribution in [3.8, 4) is 11.5 Å². The number of nitrogens with zero attached hydrogens (tertiary/aromatic N) is 3. The maximum absolute atomic E-state index is 12.6. The number of aromatic nitrogens is 3. The molecule has 0 aliphatic rings. The fourth-order valence-electron chi connectivity index (χ4n) is 3.00. The molecule has 1 aromatic heterocycles. The fraction of sp³-hybridized carbons (Fsp3) is 0.261. The van der Waals surface area contributed by atoms with Crippen molar-refractivity contribution in [3.05, 3.63) is 78.4 Å². The van der Waals surface area contributed by atoms with Crippen molar-refractivity contribution in [1.29, 1.82) is 0 Å². The number of amides is 1. The maximum atomic E-state index is 12.6. The number of hydrogen-bond acceptors (Lipinski definition) is 5. The Labute approximate surface area is 176 Å². The van der Waals surface area contributed by atoms with Crippen molar-refractivity contribution in [1.82, 2.24) is 20.1 Å². The second kappa shape index (κ2) is 10.8. The lowest BCUT2D eigenvalue weighted by Crippen LogP contribution is -2.30. The lowest BCUT2D eigenvalue weighted by molar-refractivity contribution is -0.117. The quantitative estimate of drug-likeness (QED) is 0.520. The molecule has 2 aromatic carbocycles. The van der Waals surface area contributed by atoms with Crippen LogP contribution in [0.3, 0.4) is 0 Å². The first-order chi connectivity index (χ1) is 14.7. The highest BCUT2D eigenvalue weighted by Crippen LogP contribution is 2.29. The first-order valence-electron chi connectivity index (χ1n) is 9.95. The summed E-state index contributed by atoms with van der Waals surface area (Å²) in [7, 11) is 0. The van der Waals surface area contributed by atoms with E-state index in [4.69, 9.17) is 9.47 Å². The summed E-state index contributed by atoms with van der Waals surface area (Å²) in [6, 6.07) is 15.2. The standard InChI is InChI=1S/C23H26N4O3/c1-3-29-21-12-10-18(14-22(21)30-4-2)11-13-23(28)26-20(15-27-17-24-16-25-27)19-8-6-5-7-9-19/h5-14,16-17,20H,3-4,15H2,1-2H3,(H,26,28)/b13-11+. The summed E-state index contributed by atoms with van der Waals surface area (Å²) < 4.78 is 12.9. The second-order valence-corrected chi connectivity index (χ2v) is 6.49. The highest BCUT2D eigenvalue weighted by molar-refractivity contribution is 5.92. The average molecular weight is 406 g/mol. The van der Waals surface area contributed by atoms with Crippen LogP contribution in [-0.2, 0) is 11.3 Å². The van der Waals surface area contributed by atoms with E-state index in [2.05, 4.69) is 15.4 Å². The molecule has 1 amide bonds. The molecule has 3 rings (SSSR count). The van der Waals surface area contributed by atoms with Crippen LogP contribution in [0, 0.1) is 0 Å². The lowest BCUT2D eigenvalue weighted by atomic mass is 10.1. The van der Waals surface area contributed by atoms with Gasteiger partial charge in [-0.05, 0) is 43.2 Å². The maximum Gasteiger partial charge on any atom is 0.244 e. The molecule has 7 heteroatoms. The van der Waals surface area contributed by atoms with E-state index in [-0.39, 0.29) is 11.9 Å². The molecule has 7 nitrogen and oxygen atoms in total. The number of ether oxygens (including phenoxy) is 2. The van der Waals surface area contributed by atoms with Gasteiger partial charge in [-0.3, -0.25) is 9.48 Å². The van der Waals surface area contributed by atoms with E-state index in [0.29, 0.717) is 31.3 Å². The zero-order valence-electron chi connectivity index (χ0n) is 17.2. The molecular formula is C23H26N4O3. The molecule has 0 saturated carbocycles. The first kappa shape index (κ1) is 21.1. The van der Waals surface area contributed by atoms with Crippen molar-refractivity contribution >= 4 is 12.0 Å². The number of hydrogen-bond donors (Lipinski definition) is 1. The van der Waals surface area contributed by atoms with Gasteiger partial charge in [-0.25, -0.2) is 4.98 Å². The van der Waals surface area contributed by atoms with Crippen molar-refractivity contribution in [2.24, 2.45) is 0 Å². The van der Waals surface area contributed by atoms with E-state index in [1.54, 1.807) is 17.1 Å². The molecule has 156 valence electrons. The van der Waals surface area contributed by atoms with Crippen LogP contribution < -0.4 is 14.8 Å². The predicted octanol–water partition coefficient (Wildman–Crippen LogP) is 3.65. The summed E-state index contributed by atoms with van der Waals surface area (Å²) in [5.74, 6) is 1.16. The van der Waals surface area contributed by atoms with Crippen LogP contribution in [-0.4, -0.2) is 33.9 Å². The monoisotopic (exact) mass is 406 g/mol. The van der Waals surface area contributed by atoms with E-state index in [1.165, 1.54) is 12.4 Å². The van der Waals surface area contributed by atoms with E-state index >= 15 is 0 Å². The van der Waals surface area contributed by atoms with Gasteiger partial charge in [0.25, 0.3) is 0 Å². The van der Waals surface area contributed by atoms with Gasteiger partial charge in [0.05, 0.1) is 25.8 Å². The second-order valence-electron chi connectivity index (χ2n) is 6.49. The molecule has 0 saturated heterocycles. The van der Waals surface area contributed by atoms with Crippen molar-refractivity contribution in [3.63, 3.8) is 0 Å². The molecule has 1 atom stereocenters. The van der Waals surface area contributed by atoms with Crippen LogP contribution in [0.4, 0.5) is 0 Å². The average Bonchev–Trinajstić information content (AvgIpc) is 3.27. The Balaban J connectivity index is 1.71. The Bertz CT molecular complexity index is 956. The summed E-state index contributed by atoms with van der Waals surface area (Å²) in [4.78, 5) is 16.6. The Hall–Kier alpha value is -3.61. The Morgan fingerprint density at radius 2 is 1.87 bits per heavy atom. The molecule has 0 spiro atoms. The van der Waals surface area contributed by atoms with Crippen LogP contribution in [0.2, 0.25) is 0 Å². The topological polar surface area (TPSA) is 78.3 Å². The van der Waals surface area contributed by atoms with Crippen molar-refractivity contribution in [2.75, 3.05) is 13.2 Å². The van der Waals surface area contributed by atoms with Gasteiger partial charge in [0.15, 0.2) is 11.5 Å². The molecule has 0 radical (unpaired) electrons. The van der Waals surface area contributed by atoms with Gasteiger partial charge in [0, 0.05) is 6.08 Å². The van der Waals surface area contributed by atoms with Crippen LogP contribution in [0.15, 0.2) is 67.3 Å². The molecule has 30 heavy (non-hydrogen) atoms. The van der Waals surface area contributed by atoms with Crippen LogP contribution in [0.1, 0.15) is 31.0 Å². The molecule has 1 unspecified atom stereocenters. The summed E-state index contributed by atoms with van der Waals surface area (Å²) in [5, 5.41) is 7.19. The Morgan fingerprint density at radius 3 is 2.57 bits per heavy atom. The smallest absolute Gasteiger partial charge is 0.244 e. The number of carbonyl (C=O) groups is 1. The van der Waals surface area contributed by atoms with Gasteiger partial charge in [-0.1, -0.05) is 36.4 Å². The van der Waals surface area contributed by atoms with Gasteiger partial charge in [0.2, 0.25) is 5.91 Å². The number of carbonyl (C=O) groups excluding carboxylic acids is 1. The van der Waals surface area contributed by atoms with E-state index in [9.17, 15) is 4.79 Å². The predicted molar refractivity (Wildman–Crippen MR) is 115 cm³/mol. The normalized spacial score (nSPS) is 11.9. The Morgan fingerprint density at radius 1 is 1.10 bits per heavy atom. The number of nitrogens with one attached hydrogen (secondary N) is 1. The number of benzene rings is 2. The molecule has 0 fully saturated rings. The molecule has 1 heterocycles. The third-order valence-electron chi connectivity index (χ3n) is 4.35. The van der Waals surface area contributed by atoms with Gasteiger partial charge < -0.3 is 14.8 Å². The summed E-state index contributed by atoms with van der Waals surface area (Å²) in [6.45, 7) is 5.43. The minimum absolute atomic E-state index is 0.198. The van der Waals surface area contributed by atoms with E-state index in [1.807, 2.05) is 62.4 Å². The lowest BCUT2D eigenvalue weighted by Gasteiger charge is -2.18. The van der Waals surface area contributed by atoms with E-state index in [0.717, 1.165) is 11.1 Å². The molecule has 0 aliphatic carbocycles. The van der Waals surface area contributed by atoms with Gasteiger partial charge in [-0.15, -0.1) is 0 Å². The largest absolute Gasteiger partial charge is 0.490 e. The molecule has 0 aliphatic heterocycles. The minimum Gasteiger partial charge on any atom is -0.490 e. The molecular weight excluding hydrogens is 380 g/mol. The SMILES string of the molecule is CCOc1ccc(/C=C/C(=O)NC(Cn2cncn2)c2ccccc2)cc1OCC. The van der Waals surface area contributed by atoms with Gasteiger partial charge >= 0.3 is 0 Å². The molecule has 0 bridgehead atoms. The highest BCUT2D eigenvalue weighted by atomic mass is 16.5. The molecule has 1 N–H and O–H groups in total. The van der Waals surface area contributed by atoms with Gasteiger partial charge in [-0.2, -0.15) is 5.10 Å². The summed E-state index contributed by atoms with van der Waals surface area (Å²) in [5.41, 5.74) is 1.85. The van der Waals surface area contributed by atoms with E-state index < -0.39 is 0 Å². The van der Waals surface area contributed by atoms with Crippen LogP contribution >= 0.6 is 0 Å². The third kappa shape index (κ3) is 5.94. The molecule has 3 aromatic rings. The Kier molecular flexibility index (Phi) is 7.60.